The molecule has 0 aromatic carbocycles. The van der Waals surface area contributed by atoms with E-state index in [-0.39, 0.29) is 28.9 Å². The minimum absolute atomic E-state index is 0.0453. The number of hydrogen-bond acceptors (Lipinski definition) is 4. The smallest absolute Gasteiger partial charge is 0.270 e. The third-order valence-corrected chi connectivity index (χ3v) is 4.56. The van der Waals surface area contributed by atoms with Crippen molar-refractivity contribution in [2.45, 2.75) is 46.6 Å². The molecule has 0 aromatic heterocycles. The Bertz CT molecular complexity index is 625. The zero-order valence-electron chi connectivity index (χ0n) is 14.0. The highest BCUT2D eigenvalue weighted by Crippen LogP contribution is 2.39. The average Bonchev–Trinajstić information content (AvgIpc) is 2.64. The molecule has 0 radical (unpaired) electrons. The summed E-state index contributed by atoms with van der Waals surface area (Å²) in [4.78, 5) is 39.5. The second-order valence-corrected chi connectivity index (χ2v) is 7.18. The molecule has 2 rings (SSSR count). The van der Waals surface area contributed by atoms with Crippen LogP contribution in [0.4, 0.5) is 0 Å². The maximum absolute atomic E-state index is 12.3. The van der Waals surface area contributed by atoms with E-state index in [1.54, 1.807) is 12.3 Å². The summed E-state index contributed by atoms with van der Waals surface area (Å²) in [5.41, 5.74) is -0.0739. The predicted octanol–water partition coefficient (Wildman–Crippen LogP) is 1.48. The van der Waals surface area contributed by atoms with Crippen LogP contribution in [-0.4, -0.2) is 30.0 Å². The zero-order valence-corrected chi connectivity index (χ0v) is 14.0. The summed E-state index contributed by atoms with van der Waals surface area (Å²) in [6.45, 7) is 8.38. The third-order valence-electron chi connectivity index (χ3n) is 4.56. The fourth-order valence-electron chi connectivity index (χ4n) is 2.27. The zero-order chi connectivity index (χ0) is 17.3. The molecular formula is C17H23N3O3. The van der Waals surface area contributed by atoms with Crippen LogP contribution in [0.15, 0.2) is 28.9 Å². The molecule has 124 valence electrons. The molecule has 0 bridgehead atoms. The molecule has 0 aromatic rings. The van der Waals surface area contributed by atoms with Crippen LogP contribution in [0.1, 0.15) is 40.5 Å². The van der Waals surface area contributed by atoms with Gasteiger partial charge in [-0.25, -0.2) is 0 Å². The van der Waals surface area contributed by atoms with Crippen LogP contribution in [0.3, 0.4) is 0 Å². The molecule has 2 atom stereocenters. The van der Waals surface area contributed by atoms with Gasteiger partial charge in [0, 0.05) is 18.1 Å². The molecule has 3 amide bonds. The Morgan fingerprint density at radius 1 is 1.39 bits per heavy atom. The number of carbonyl (C=O) groups is 3. The van der Waals surface area contributed by atoms with Gasteiger partial charge in [0.15, 0.2) is 0 Å². The molecule has 6 nitrogen and oxygen atoms in total. The number of carbonyl (C=O) groups excluding carboxylic acids is 3. The Labute approximate surface area is 136 Å². The van der Waals surface area contributed by atoms with Crippen molar-refractivity contribution in [2.75, 3.05) is 0 Å². The SMILES string of the molecule is CC(C)(C)C1(C)C=CC=C(C(=O)NC2CCC(=O)NC2=O)N=C1. The van der Waals surface area contributed by atoms with Crippen molar-refractivity contribution in [2.24, 2.45) is 15.8 Å². The third kappa shape index (κ3) is 3.75. The number of amides is 3. The molecular weight excluding hydrogens is 294 g/mol. The van der Waals surface area contributed by atoms with E-state index in [1.165, 1.54) is 0 Å². The lowest BCUT2D eigenvalue weighted by Gasteiger charge is -2.36. The van der Waals surface area contributed by atoms with Crippen molar-refractivity contribution in [1.29, 1.82) is 0 Å². The van der Waals surface area contributed by atoms with E-state index >= 15 is 0 Å². The Balaban J connectivity index is 2.08. The summed E-state index contributed by atoms with van der Waals surface area (Å²) >= 11 is 0. The first kappa shape index (κ1) is 17.1. The van der Waals surface area contributed by atoms with Crippen molar-refractivity contribution in [1.82, 2.24) is 10.6 Å². The van der Waals surface area contributed by atoms with E-state index in [0.717, 1.165) is 0 Å². The van der Waals surface area contributed by atoms with Gasteiger partial charge in [-0.3, -0.25) is 24.7 Å². The minimum Gasteiger partial charge on any atom is -0.339 e. The normalized spacial score (nSPS) is 28.0. The van der Waals surface area contributed by atoms with Gasteiger partial charge in [-0.15, -0.1) is 0 Å². The molecule has 23 heavy (non-hydrogen) atoms. The Kier molecular flexibility index (Phi) is 4.54. The summed E-state index contributed by atoms with van der Waals surface area (Å²) in [6.07, 6.45) is 7.77. The molecule has 0 aliphatic carbocycles. The quantitative estimate of drug-likeness (QED) is 0.756. The summed E-state index contributed by atoms with van der Waals surface area (Å²) < 4.78 is 0. The van der Waals surface area contributed by atoms with E-state index in [4.69, 9.17) is 0 Å². The summed E-state index contributed by atoms with van der Waals surface area (Å²) in [5, 5.41) is 4.85. The standard InChI is InChI=1S/C17H23N3O3/c1-16(2,3)17(4)9-5-6-11(18-10-17)14(22)19-12-7-8-13(21)20-15(12)23/h5-6,9-10,12H,7-8H2,1-4H3,(H,19,22)(H,20,21,23). The van der Waals surface area contributed by atoms with Gasteiger partial charge in [-0.1, -0.05) is 39.8 Å². The van der Waals surface area contributed by atoms with Crippen molar-refractivity contribution >= 4 is 23.9 Å². The van der Waals surface area contributed by atoms with Crippen LogP contribution in [-0.2, 0) is 14.4 Å². The van der Waals surface area contributed by atoms with Gasteiger partial charge in [0.25, 0.3) is 5.91 Å². The average molecular weight is 317 g/mol. The predicted molar refractivity (Wildman–Crippen MR) is 87.6 cm³/mol. The minimum atomic E-state index is -0.697. The molecule has 0 spiro atoms. The van der Waals surface area contributed by atoms with Crippen LogP contribution in [0.25, 0.3) is 0 Å². The molecule has 6 heteroatoms. The van der Waals surface area contributed by atoms with Gasteiger partial charge in [0.1, 0.15) is 11.7 Å². The lowest BCUT2D eigenvalue weighted by atomic mass is 9.68. The van der Waals surface area contributed by atoms with Crippen LogP contribution in [0.2, 0.25) is 0 Å². The summed E-state index contributed by atoms with van der Waals surface area (Å²) in [5.74, 6) is -1.20. The second-order valence-electron chi connectivity index (χ2n) is 7.18. The van der Waals surface area contributed by atoms with Gasteiger partial charge in [0.05, 0.1) is 0 Å². The van der Waals surface area contributed by atoms with E-state index in [9.17, 15) is 14.4 Å². The maximum Gasteiger partial charge on any atom is 0.270 e. The summed E-state index contributed by atoms with van der Waals surface area (Å²) in [7, 11) is 0. The second kappa shape index (κ2) is 6.10. The topological polar surface area (TPSA) is 87.6 Å². The van der Waals surface area contributed by atoms with Gasteiger partial charge >= 0.3 is 0 Å². The Morgan fingerprint density at radius 3 is 2.70 bits per heavy atom. The first-order valence-electron chi connectivity index (χ1n) is 7.72. The van der Waals surface area contributed by atoms with E-state index in [2.05, 4.69) is 43.3 Å². The monoisotopic (exact) mass is 317 g/mol. The van der Waals surface area contributed by atoms with Crippen LogP contribution in [0.5, 0.6) is 0 Å². The number of imide groups is 1. The number of rotatable bonds is 2. The van der Waals surface area contributed by atoms with Gasteiger partial charge in [-0.2, -0.15) is 0 Å². The highest BCUT2D eigenvalue weighted by molar-refractivity contribution is 6.04. The van der Waals surface area contributed by atoms with Crippen molar-refractivity contribution < 1.29 is 14.4 Å². The number of hydrogen-bond donors (Lipinski definition) is 2. The molecule has 1 fully saturated rings. The molecule has 1 saturated heterocycles. The van der Waals surface area contributed by atoms with Gasteiger partial charge in [0.2, 0.25) is 11.8 Å². The molecule has 2 aliphatic heterocycles. The number of allylic oxidation sites excluding steroid dienone is 3. The van der Waals surface area contributed by atoms with Crippen molar-refractivity contribution in [3.05, 3.63) is 23.9 Å². The largest absolute Gasteiger partial charge is 0.339 e. The fourth-order valence-corrected chi connectivity index (χ4v) is 2.27. The van der Waals surface area contributed by atoms with Crippen molar-refractivity contribution in [3.8, 4) is 0 Å². The van der Waals surface area contributed by atoms with Crippen LogP contribution < -0.4 is 10.6 Å². The highest BCUT2D eigenvalue weighted by atomic mass is 16.2. The van der Waals surface area contributed by atoms with Crippen LogP contribution >= 0.6 is 0 Å². The molecule has 2 N–H and O–H groups in total. The molecule has 0 saturated carbocycles. The molecule has 2 heterocycles. The fraction of sp³-hybridized carbons (Fsp3) is 0.529. The van der Waals surface area contributed by atoms with E-state index in [0.29, 0.717) is 6.42 Å². The number of nitrogens with zero attached hydrogens (tertiary/aromatic N) is 1. The van der Waals surface area contributed by atoms with E-state index in [1.807, 2.05) is 12.2 Å². The van der Waals surface area contributed by atoms with E-state index < -0.39 is 17.9 Å². The van der Waals surface area contributed by atoms with Gasteiger partial charge < -0.3 is 5.32 Å². The maximum atomic E-state index is 12.3. The Morgan fingerprint density at radius 2 is 2.09 bits per heavy atom. The lowest BCUT2D eigenvalue weighted by molar-refractivity contribution is -0.136. The lowest BCUT2D eigenvalue weighted by Crippen LogP contribution is -2.52. The molecule has 2 aliphatic rings. The first-order valence-corrected chi connectivity index (χ1v) is 7.72. The number of piperidine rings is 1. The Hall–Kier alpha value is -2.24. The number of nitrogens with one attached hydrogen (secondary N) is 2. The summed E-state index contributed by atoms with van der Waals surface area (Å²) in [6, 6.07) is -0.697. The highest BCUT2D eigenvalue weighted by Gasteiger charge is 2.34. The number of aliphatic imine (C=N–C) groups is 1. The van der Waals surface area contributed by atoms with Gasteiger partial charge in [-0.05, 0) is 17.9 Å². The van der Waals surface area contributed by atoms with Crippen LogP contribution in [0, 0.1) is 10.8 Å². The van der Waals surface area contributed by atoms with Crippen molar-refractivity contribution in [3.63, 3.8) is 0 Å². The first-order chi connectivity index (χ1) is 10.6. The molecule has 2 unspecified atom stereocenters.